The summed E-state index contributed by atoms with van der Waals surface area (Å²) in [5, 5.41) is 13.3. The second kappa shape index (κ2) is 9.05. The molecular weight excluding hydrogens is 393 g/mol. The van der Waals surface area contributed by atoms with Crippen LogP contribution in [0.4, 0.5) is 15.8 Å². The smallest absolute Gasteiger partial charge is 0.255 e. The Balaban J connectivity index is 1.60. The number of ether oxygens (including phenoxy) is 1. The Labute approximate surface area is 181 Å². The van der Waals surface area contributed by atoms with Gasteiger partial charge in [-0.1, -0.05) is 31.2 Å². The Morgan fingerprint density at radius 3 is 2.65 bits per heavy atom. The maximum absolute atomic E-state index is 14.3. The molecule has 31 heavy (non-hydrogen) atoms. The van der Waals surface area contributed by atoms with Gasteiger partial charge in [-0.25, -0.2) is 4.39 Å². The van der Waals surface area contributed by atoms with Crippen molar-refractivity contribution in [1.29, 1.82) is 5.26 Å². The van der Waals surface area contributed by atoms with E-state index in [4.69, 9.17) is 10.00 Å². The standard InChI is InChI=1S/C25H24FN3O2/c1-17-8-11-29(12-9-17)20-15-18(14-19(26)16-20)25(30)28-23-6-7-24(31-13-10-27)22-5-3-2-4-21(22)23/h2-7,14-17H,8-9,11-13H2,1H3,(H,28,30). The zero-order chi connectivity index (χ0) is 21.8. The topological polar surface area (TPSA) is 65.4 Å². The maximum Gasteiger partial charge on any atom is 0.255 e. The van der Waals surface area contributed by atoms with Gasteiger partial charge in [0.05, 0.1) is 0 Å². The van der Waals surface area contributed by atoms with E-state index in [0.29, 0.717) is 17.4 Å². The van der Waals surface area contributed by atoms with Gasteiger partial charge in [-0.05, 0) is 49.1 Å². The van der Waals surface area contributed by atoms with Crippen molar-refractivity contribution in [3.8, 4) is 11.8 Å². The van der Waals surface area contributed by atoms with Gasteiger partial charge in [-0.2, -0.15) is 5.26 Å². The number of nitrogens with zero attached hydrogens (tertiary/aromatic N) is 2. The Morgan fingerprint density at radius 2 is 1.90 bits per heavy atom. The van der Waals surface area contributed by atoms with Crippen LogP contribution in [0, 0.1) is 23.1 Å². The number of piperidine rings is 1. The quantitative estimate of drug-likeness (QED) is 0.606. The largest absolute Gasteiger partial charge is 0.478 e. The van der Waals surface area contributed by atoms with Crippen LogP contribution in [-0.2, 0) is 0 Å². The molecule has 0 unspecified atom stereocenters. The number of carbonyl (C=O) groups excluding carboxylic acids is 1. The molecule has 1 aliphatic rings. The van der Waals surface area contributed by atoms with Crippen molar-refractivity contribution in [1.82, 2.24) is 0 Å². The number of nitrogens with one attached hydrogen (secondary N) is 1. The average molecular weight is 417 g/mol. The third-order valence-electron chi connectivity index (χ3n) is 5.72. The average Bonchev–Trinajstić information content (AvgIpc) is 2.78. The Kier molecular flexibility index (Phi) is 6.03. The molecule has 1 N–H and O–H groups in total. The number of hydrogen-bond acceptors (Lipinski definition) is 4. The van der Waals surface area contributed by atoms with Crippen LogP contribution in [0.15, 0.2) is 54.6 Å². The maximum atomic E-state index is 14.3. The monoisotopic (exact) mass is 417 g/mol. The lowest BCUT2D eigenvalue weighted by Crippen LogP contribution is -2.33. The Hall–Kier alpha value is -3.59. The number of anilines is 2. The van der Waals surface area contributed by atoms with E-state index in [1.54, 1.807) is 18.2 Å². The van der Waals surface area contributed by atoms with E-state index in [1.165, 1.54) is 12.1 Å². The molecule has 3 aromatic rings. The van der Waals surface area contributed by atoms with Gasteiger partial charge in [0, 0.05) is 40.8 Å². The second-order valence-electron chi connectivity index (χ2n) is 7.93. The fourth-order valence-electron chi connectivity index (χ4n) is 3.97. The fourth-order valence-corrected chi connectivity index (χ4v) is 3.97. The molecule has 1 saturated heterocycles. The van der Waals surface area contributed by atoms with Gasteiger partial charge in [-0.15, -0.1) is 0 Å². The van der Waals surface area contributed by atoms with Crippen molar-refractivity contribution < 1.29 is 13.9 Å². The van der Waals surface area contributed by atoms with Gasteiger partial charge in [0.1, 0.15) is 17.6 Å². The van der Waals surface area contributed by atoms with Crippen molar-refractivity contribution in [2.24, 2.45) is 5.92 Å². The number of benzene rings is 3. The van der Waals surface area contributed by atoms with E-state index in [2.05, 4.69) is 17.1 Å². The molecule has 6 heteroatoms. The van der Waals surface area contributed by atoms with E-state index in [1.807, 2.05) is 30.3 Å². The normalized spacial score (nSPS) is 14.3. The fraction of sp³-hybridized carbons (Fsp3) is 0.280. The van der Waals surface area contributed by atoms with Gasteiger partial charge in [0.25, 0.3) is 5.91 Å². The van der Waals surface area contributed by atoms with Crippen LogP contribution in [0.1, 0.15) is 30.1 Å². The van der Waals surface area contributed by atoms with Crippen LogP contribution in [0.2, 0.25) is 0 Å². The third-order valence-corrected chi connectivity index (χ3v) is 5.72. The first kappa shape index (κ1) is 20.7. The summed E-state index contributed by atoms with van der Waals surface area (Å²) < 4.78 is 19.8. The minimum Gasteiger partial charge on any atom is -0.478 e. The van der Waals surface area contributed by atoms with Crippen LogP contribution in [-0.4, -0.2) is 25.6 Å². The van der Waals surface area contributed by atoms with Crippen molar-refractivity contribution in [2.45, 2.75) is 19.8 Å². The summed E-state index contributed by atoms with van der Waals surface area (Å²) in [7, 11) is 0. The lowest BCUT2D eigenvalue weighted by molar-refractivity contribution is 0.102. The van der Waals surface area contributed by atoms with E-state index in [-0.39, 0.29) is 18.1 Å². The molecule has 5 nitrogen and oxygen atoms in total. The zero-order valence-electron chi connectivity index (χ0n) is 17.4. The first-order valence-electron chi connectivity index (χ1n) is 10.4. The highest BCUT2D eigenvalue weighted by atomic mass is 19.1. The molecule has 0 spiro atoms. The number of nitriles is 1. The zero-order valence-corrected chi connectivity index (χ0v) is 17.4. The summed E-state index contributed by atoms with van der Waals surface area (Å²) in [5.41, 5.74) is 1.62. The van der Waals surface area contributed by atoms with Crippen LogP contribution in [0.5, 0.6) is 5.75 Å². The summed E-state index contributed by atoms with van der Waals surface area (Å²) in [6, 6.07) is 17.4. The Bertz CT molecular complexity index is 1150. The van der Waals surface area contributed by atoms with Gasteiger partial charge in [0.15, 0.2) is 6.61 Å². The number of amides is 1. The van der Waals surface area contributed by atoms with Crippen LogP contribution >= 0.6 is 0 Å². The summed E-state index contributed by atoms with van der Waals surface area (Å²) in [6.07, 6.45) is 2.12. The lowest BCUT2D eigenvalue weighted by Gasteiger charge is -2.32. The molecule has 0 atom stereocenters. The van der Waals surface area contributed by atoms with Crippen molar-refractivity contribution >= 4 is 28.1 Å². The first-order chi connectivity index (χ1) is 15.0. The molecule has 1 fully saturated rings. The molecule has 1 heterocycles. The van der Waals surface area contributed by atoms with Crippen LogP contribution < -0.4 is 15.0 Å². The number of fused-ring (bicyclic) bond motifs is 1. The molecule has 0 bridgehead atoms. The Morgan fingerprint density at radius 1 is 1.16 bits per heavy atom. The van der Waals surface area contributed by atoms with E-state index >= 15 is 0 Å². The van der Waals surface area contributed by atoms with Crippen LogP contribution in [0.3, 0.4) is 0 Å². The van der Waals surface area contributed by atoms with Crippen molar-refractivity contribution in [3.63, 3.8) is 0 Å². The third kappa shape index (κ3) is 4.61. The van der Waals surface area contributed by atoms with Crippen LogP contribution in [0.25, 0.3) is 10.8 Å². The number of carbonyl (C=O) groups is 1. The lowest BCUT2D eigenvalue weighted by atomic mass is 9.98. The molecule has 0 aliphatic carbocycles. The molecule has 1 aliphatic heterocycles. The first-order valence-corrected chi connectivity index (χ1v) is 10.4. The molecule has 0 saturated carbocycles. The molecule has 0 aromatic heterocycles. The number of rotatable bonds is 5. The SMILES string of the molecule is CC1CCN(c2cc(F)cc(C(=O)Nc3ccc(OCC#N)c4ccccc34)c2)CC1. The highest BCUT2D eigenvalue weighted by Crippen LogP contribution is 2.32. The minimum atomic E-state index is -0.425. The highest BCUT2D eigenvalue weighted by Gasteiger charge is 2.19. The predicted molar refractivity (Wildman–Crippen MR) is 120 cm³/mol. The van der Waals surface area contributed by atoms with Crippen molar-refractivity contribution in [3.05, 3.63) is 66.0 Å². The molecule has 3 aromatic carbocycles. The van der Waals surface area contributed by atoms with Gasteiger partial charge < -0.3 is 15.0 Å². The van der Waals surface area contributed by atoms with Gasteiger partial charge in [0.2, 0.25) is 0 Å². The van der Waals surface area contributed by atoms with Gasteiger partial charge >= 0.3 is 0 Å². The molecule has 1 amide bonds. The highest BCUT2D eigenvalue weighted by molar-refractivity contribution is 6.10. The molecular formula is C25H24FN3O2. The summed E-state index contributed by atoms with van der Waals surface area (Å²) in [4.78, 5) is 15.1. The van der Waals surface area contributed by atoms with Gasteiger partial charge in [-0.3, -0.25) is 4.79 Å². The number of halogens is 1. The molecule has 4 rings (SSSR count). The predicted octanol–water partition coefficient (Wildman–Crippen LogP) is 5.37. The summed E-state index contributed by atoms with van der Waals surface area (Å²) in [5.74, 6) is 0.442. The van der Waals surface area contributed by atoms with E-state index < -0.39 is 5.82 Å². The number of hydrogen-bond donors (Lipinski definition) is 1. The summed E-state index contributed by atoms with van der Waals surface area (Å²) >= 11 is 0. The summed E-state index contributed by atoms with van der Waals surface area (Å²) in [6.45, 7) is 3.89. The molecule has 0 radical (unpaired) electrons. The van der Waals surface area contributed by atoms with E-state index in [9.17, 15) is 9.18 Å². The molecule has 158 valence electrons. The van der Waals surface area contributed by atoms with Crippen molar-refractivity contribution in [2.75, 3.05) is 29.9 Å². The second-order valence-corrected chi connectivity index (χ2v) is 7.93. The van der Waals surface area contributed by atoms with E-state index in [0.717, 1.165) is 42.4 Å². The minimum absolute atomic E-state index is 0.0585.